The summed E-state index contributed by atoms with van der Waals surface area (Å²) in [6.45, 7) is 1.54. The van der Waals surface area contributed by atoms with Crippen molar-refractivity contribution in [2.24, 2.45) is 0 Å². The summed E-state index contributed by atoms with van der Waals surface area (Å²) in [4.78, 5) is 35.6. The van der Waals surface area contributed by atoms with Crippen molar-refractivity contribution in [2.75, 3.05) is 0 Å². The number of hydrazine groups is 1. The van der Waals surface area contributed by atoms with Gasteiger partial charge in [-0.15, -0.1) is 0 Å². The van der Waals surface area contributed by atoms with Gasteiger partial charge in [-0.1, -0.05) is 42.5 Å². The Morgan fingerprint density at radius 3 is 2.21 bits per heavy atom. The van der Waals surface area contributed by atoms with Crippen molar-refractivity contribution in [3.63, 3.8) is 0 Å². The smallest absolute Gasteiger partial charge is 0.336 e. The van der Waals surface area contributed by atoms with Gasteiger partial charge in [-0.25, -0.2) is 4.79 Å². The average Bonchev–Trinajstić information content (AvgIpc) is 2.71. The van der Waals surface area contributed by atoms with Gasteiger partial charge in [0.25, 0.3) is 11.8 Å². The highest BCUT2D eigenvalue weighted by Crippen LogP contribution is 2.21. The first kappa shape index (κ1) is 18.9. The van der Waals surface area contributed by atoms with Crippen molar-refractivity contribution in [1.29, 1.82) is 0 Å². The first-order valence-corrected chi connectivity index (χ1v) is 8.53. The summed E-state index contributed by atoms with van der Waals surface area (Å²) in [5.41, 5.74) is 4.24. The van der Waals surface area contributed by atoms with E-state index in [1.54, 1.807) is 13.0 Å². The zero-order valence-corrected chi connectivity index (χ0v) is 15.0. The summed E-state index contributed by atoms with van der Waals surface area (Å²) in [5.74, 6) is -2.02. The molecular formula is C21H18N2O5. The van der Waals surface area contributed by atoms with Gasteiger partial charge in [0.15, 0.2) is 6.10 Å². The quantitative estimate of drug-likeness (QED) is 0.592. The maximum Gasteiger partial charge on any atom is 0.336 e. The number of carboxylic acids is 1. The number of hydrogen-bond donors (Lipinski definition) is 3. The van der Waals surface area contributed by atoms with E-state index >= 15 is 0 Å². The molecule has 2 amide bonds. The lowest BCUT2D eigenvalue weighted by Crippen LogP contribution is -2.47. The van der Waals surface area contributed by atoms with E-state index in [4.69, 9.17) is 9.84 Å². The SMILES string of the molecule is C[C@@H](Oc1ccc2ccccc2c1)C(=O)NNC(=O)c1ccccc1C(=O)O. The van der Waals surface area contributed by atoms with Crippen molar-refractivity contribution >= 4 is 28.6 Å². The molecule has 7 heteroatoms. The van der Waals surface area contributed by atoms with Crippen LogP contribution in [-0.2, 0) is 4.79 Å². The van der Waals surface area contributed by atoms with Crippen LogP contribution in [0.25, 0.3) is 10.8 Å². The normalized spacial score (nSPS) is 11.5. The molecule has 0 aliphatic rings. The summed E-state index contributed by atoms with van der Waals surface area (Å²) >= 11 is 0. The predicted molar refractivity (Wildman–Crippen MR) is 103 cm³/mol. The Bertz CT molecular complexity index is 1050. The monoisotopic (exact) mass is 378 g/mol. The molecule has 3 rings (SSSR count). The van der Waals surface area contributed by atoms with Gasteiger partial charge in [0.2, 0.25) is 0 Å². The van der Waals surface area contributed by atoms with Crippen LogP contribution in [0.3, 0.4) is 0 Å². The number of hydrogen-bond acceptors (Lipinski definition) is 4. The fourth-order valence-corrected chi connectivity index (χ4v) is 2.65. The number of benzene rings is 3. The van der Waals surface area contributed by atoms with Crippen LogP contribution in [0, 0.1) is 0 Å². The Hall–Kier alpha value is -3.87. The van der Waals surface area contributed by atoms with Crippen molar-refractivity contribution in [1.82, 2.24) is 10.9 Å². The van der Waals surface area contributed by atoms with Crippen LogP contribution < -0.4 is 15.6 Å². The van der Waals surface area contributed by atoms with Crippen LogP contribution in [0.15, 0.2) is 66.7 Å². The van der Waals surface area contributed by atoms with E-state index in [-0.39, 0.29) is 11.1 Å². The lowest BCUT2D eigenvalue weighted by molar-refractivity contribution is -0.128. The Kier molecular flexibility index (Phi) is 5.55. The second-order valence-electron chi connectivity index (χ2n) is 6.06. The summed E-state index contributed by atoms with van der Waals surface area (Å²) in [6, 6.07) is 18.9. The van der Waals surface area contributed by atoms with Gasteiger partial charge >= 0.3 is 5.97 Å². The molecule has 0 bridgehead atoms. The van der Waals surface area contributed by atoms with Crippen LogP contribution in [0.2, 0.25) is 0 Å². The third-order valence-electron chi connectivity index (χ3n) is 4.10. The second kappa shape index (κ2) is 8.22. The van der Waals surface area contributed by atoms with Gasteiger partial charge in [0.05, 0.1) is 11.1 Å². The first-order chi connectivity index (χ1) is 13.5. The minimum Gasteiger partial charge on any atom is -0.481 e. The van der Waals surface area contributed by atoms with Gasteiger partial charge in [-0.2, -0.15) is 0 Å². The summed E-state index contributed by atoms with van der Waals surface area (Å²) < 4.78 is 5.63. The van der Waals surface area contributed by atoms with Crippen LogP contribution in [0.1, 0.15) is 27.6 Å². The third kappa shape index (κ3) is 4.27. The van der Waals surface area contributed by atoms with Crippen LogP contribution in [0.5, 0.6) is 5.75 Å². The van der Waals surface area contributed by atoms with E-state index in [0.29, 0.717) is 5.75 Å². The van der Waals surface area contributed by atoms with Gasteiger partial charge in [-0.05, 0) is 42.0 Å². The van der Waals surface area contributed by atoms with Gasteiger partial charge in [-0.3, -0.25) is 20.4 Å². The highest BCUT2D eigenvalue weighted by atomic mass is 16.5. The Morgan fingerprint density at radius 2 is 1.50 bits per heavy atom. The molecule has 0 spiro atoms. The predicted octanol–water partition coefficient (Wildman–Crippen LogP) is 2.77. The Labute approximate surface area is 160 Å². The van der Waals surface area contributed by atoms with Crippen LogP contribution in [-0.4, -0.2) is 29.0 Å². The number of aromatic carboxylic acids is 1. The topological polar surface area (TPSA) is 105 Å². The summed E-state index contributed by atoms with van der Waals surface area (Å²) in [5, 5.41) is 11.2. The molecule has 3 aromatic rings. The molecule has 3 aromatic carbocycles. The van der Waals surface area contributed by atoms with E-state index in [2.05, 4.69) is 10.9 Å². The zero-order valence-electron chi connectivity index (χ0n) is 15.0. The molecule has 1 atom stereocenters. The number of carbonyl (C=O) groups is 3. The van der Waals surface area contributed by atoms with E-state index in [9.17, 15) is 14.4 Å². The molecule has 7 nitrogen and oxygen atoms in total. The number of fused-ring (bicyclic) bond motifs is 1. The van der Waals surface area contributed by atoms with Gasteiger partial charge in [0, 0.05) is 0 Å². The molecule has 142 valence electrons. The summed E-state index contributed by atoms with van der Waals surface area (Å²) in [7, 11) is 0. The number of rotatable bonds is 5. The van der Waals surface area contributed by atoms with Crippen molar-refractivity contribution in [2.45, 2.75) is 13.0 Å². The van der Waals surface area contributed by atoms with Crippen LogP contribution in [0.4, 0.5) is 0 Å². The zero-order chi connectivity index (χ0) is 20.1. The molecule has 3 N–H and O–H groups in total. The molecule has 0 aliphatic carbocycles. The fraction of sp³-hybridized carbons (Fsp3) is 0.0952. The van der Waals surface area contributed by atoms with Gasteiger partial charge in [0.1, 0.15) is 5.75 Å². The molecule has 0 saturated heterocycles. The average molecular weight is 378 g/mol. The van der Waals surface area contributed by atoms with Gasteiger partial charge < -0.3 is 9.84 Å². The third-order valence-corrected chi connectivity index (χ3v) is 4.10. The fourth-order valence-electron chi connectivity index (χ4n) is 2.65. The van der Waals surface area contributed by atoms with Crippen molar-refractivity contribution < 1.29 is 24.2 Å². The Balaban J connectivity index is 1.61. The number of amides is 2. The minimum absolute atomic E-state index is 0.0570. The number of ether oxygens (including phenoxy) is 1. The highest BCUT2D eigenvalue weighted by Gasteiger charge is 2.19. The molecule has 0 unspecified atom stereocenters. The first-order valence-electron chi connectivity index (χ1n) is 8.53. The van der Waals surface area contributed by atoms with E-state index < -0.39 is 23.9 Å². The van der Waals surface area contributed by atoms with E-state index in [1.165, 1.54) is 24.3 Å². The lowest BCUT2D eigenvalue weighted by atomic mass is 10.1. The highest BCUT2D eigenvalue weighted by molar-refractivity contribution is 6.05. The molecule has 0 fully saturated rings. The molecular weight excluding hydrogens is 360 g/mol. The number of carbonyl (C=O) groups excluding carboxylic acids is 2. The number of carboxylic acid groups (broad SMARTS) is 1. The molecule has 0 radical (unpaired) electrons. The second-order valence-corrected chi connectivity index (χ2v) is 6.06. The van der Waals surface area contributed by atoms with Crippen LogP contribution >= 0.6 is 0 Å². The van der Waals surface area contributed by atoms with E-state index in [0.717, 1.165) is 10.8 Å². The molecule has 0 saturated carbocycles. The summed E-state index contributed by atoms with van der Waals surface area (Å²) in [6.07, 6.45) is -0.879. The Morgan fingerprint density at radius 1 is 0.857 bits per heavy atom. The lowest BCUT2D eigenvalue weighted by Gasteiger charge is -2.16. The van der Waals surface area contributed by atoms with E-state index in [1.807, 2.05) is 36.4 Å². The standard InChI is InChI=1S/C21H18N2O5/c1-13(28-16-11-10-14-6-2-3-7-15(14)12-16)19(24)22-23-20(25)17-8-4-5-9-18(17)21(26)27/h2-13H,1H3,(H,22,24)(H,23,25)(H,26,27)/t13-/m1/s1. The maximum atomic E-state index is 12.2. The molecule has 28 heavy (non-hydrogen) atoms. The van der Waals surface area contributed by atoms with Crippen molar-refractivity contribution in [3.05, 3.63) is 77.9 Å². The number of nitrogens with one attached hydrogen (secondary N) is 2. The molecule has 0 aromatic heterocycles. The maximum absolute atomic E-state index is 12.2. The molecule has 0 heterocycles. The van der Waals surface area contributed by atoms with Crippen molar-refractivity contribution in [3.8, 4) is 5.75 Å². The largest absolute Gasteiger partial charge is 0.481 e. The minimum atomic E-state index is -1.23. The molecule has 0 aliphatic heterocycles.